The monoisotopic (exact) mass is 354 g/mol. The van der Waals surface area contributed by atoms with Crippen molar-refractivity contribution >= 4 is 21.9 Å². The highest BCUT2D eigenvalue weighted by atomic mass is 32.2. The number of esters is 1. The van der Waals surface area contributed by atoms with Crippen LogP contribution in [0.5, 0.6) is 0 Å². The van der Waals surface area contributed by atoms with Gasteiger partial charge in [-0.3, -0.25) is 9.59 Å². The van der Waals surface area contributed by atoms with Gasteiger partial charge in [0, 0.05) is 6.54 Å². The minimum Gasteiger partial charge on any atom is -0.452 e. The van der Waals surface area contributed by atoms with Gasteiger partial charge in [-0.1, -0.05) is 18.6 Å². The number of benzene rings is 1. The maximum absolute atomic E-state index is 11.9. The maximum atomic E-state index is 11.9. The second-order valence-electron chi connectivity index (χ2n) is 5.94. The van der Waals surface area contributed by atoms with Crippen molar-refractivity contribution in [3.8, 4) is 0 Å². The number of hydrogen-bond donors (Lipinski definition) is 2. The predicted octanol–water partition coefficient (Wildman–Crippen LogP) is 0.725. The van der Waals surface area contributed by atoms with Gasteiger partial charge < -0.3 is 10.1 Å². The van der Waals surface area contributed by atoms with Crippen LogP contribution in [0.4, 0.5) is 0 Å². The number of primary sulfonamides is 1. The summed E-state index contributed by atoms with van der Waals surface area (Å²) in [5, 5.41) is 7.73. The molecule has 0 spiro atoms. The predicted molar refractivity (Wildman–Crippen MR) is 87.4 cm³/mol. The number of nitrogens with one attached hydrogen (secondary N) is 1. The number of rotatable bonds is 7. The second-order valence-corrected chi connectivity index (χ2v) is 7.50. The first kappa shape index (κ1) is 18.4. The molecule has 0 heterocycles. The van der Waals surface area contributed by atoms with Gasteiger partial charge in [-0.25, -0.2) is 13.6 Å². The third-order valence-corrected chi connectivity index (χ3v) is 4.99. The number of nitrogens with two attached hydrogens (primary N) is 1. The second kappa shape index (κ2) is 7.76. The van der Waals surface area contributed by atoms with Crippen molar-refractivity contribution in [1.82, 2.24) is 5.32 Å². The molecule has 8 heteroatoms. The summed E-state index contributed by atoms with van der Waals surface area (Å²) in [5.74, 6) is -0.705. The van der Waals surface area contributed by atoms with Gasteiger partial charge in [-0.2, -0.15) is 0 Å². The molecule has 1 fully saturated rings. The van der Waals surface area contributed by atoms with E-state index >= 15 is 0 Å². The number of carbonyl (C=O) groups is 2. The Bertz CT molecular complexity index is 696. The number of carbonyl (C=O) groups excluding carboxylic acids is 2. The van der Waals surface area contributed by atoms with Crippen LogP contribution in [-0.4, -0.2) is 32.9 Å². The number of amides is 1. The van der Waals surface area contributed by atoms with Crippen molar-refractivity contribution in [2.75, 3.05) is 6.54 Å². The van der Waals surface area contributed by atoms with Crippen molar-refractivity contribution in [3.63, 3.8) is 0 Å². The average molecular weight is 354 g/mol. The first-order valence-corrected chi connectivity index (χ1v) is 9.42. The molecule has 1 unspecified atom stereocenters. The van der Waals surface area contributed by atoms with Crippen molar-refractivity contribution in [3.05, 3.63) is 29.8 Å². The summed E-state index contributed by atoms with van der Waals surface area (Å²) in [7, 11) is -3.70. The highest BCUT2D eigenvalue weighted by molar-refractivity contribution is 7.89. The lowest BCUT2D eigenvalue weighted by Gasteiger charge is -2.24. The van der Waals surface area contributed by atoms with Gasteiger partial charge >= 0.3 is 5.97 Å². The van der Waals surface area contributed by atoms with Gasteiger partial charge in [-0.05, 0) is 43.9 Å². The third-order valence-electron chi connectivity index (χ3n) is 4.07. The van der Waals surface area contributed by atoms with Crippen LogP contribution in [0.15, 0.2) is 29.2 Å². The van der Waals surface area contributed by atoms with Crippen molar-refractivity contribution < 1.29 is 22.7 Å². The van der Waals surface area contributed by atoms with E-state index in [1.54, 1.807) is 19.1 Å². The molecule has 1 atom stereocenters. The van der Waals surface area contributed by atoms with Crippen LogP contribution in [0.3, 0.4) is 0 Å². The van der Waals surface area contributed by atoms with E-state index in [0.29, 0.717) is 13.0 Å². The van der Waals surface area contributed by atoms with Crippen LogP contribution in [-0.2, 0) is 30.8 Å². The Morgan fingerprint density at radius 1 is 1.29 bits per heavy atom. The van der Waals surface area contributed by atoms with Crippen molar-refractivity contribution in [1.29, 1.82) is 0 Å². The van der Waals surface area contributed by atoms with Crippen molar-refractivity contribution in [2.45, 2.75) is 43.6 Å². The third kappa shape index (κ3) is 5.04. The molecule has 132 valence electrons. The van der Waals surface area contributed by atoms with E-state index in [0.717, 1.165) is 24.8 Å². The lowest BCUT2D eigenvalue weighted by molar-refractivity contribution is -0.161. The highest BCUT2D eigenvalue weighted by Crippen LogP contribution is 2.27. The molecule has 1 aliphatic carbocycles. The quantitative estimate of drug-likeness (QED) is 0.700. The summed E-state index contributed by atoms with van der Waals surface area (Å²) in [4.78, 5) is 23.6. The van der Waals surface area contributed by atoms with Crippen LogP contribution in [0.1, 0.15) is 31.7 Å². The zero-order valence-corrected chi connectivity index (χ0v) is 14.3. The van der Waals surface area contributed by atoms with Crippen LogP contribution >= 0.6 is 0 Å². The van der Waals surface area contributed by atoms with Gasteiger partial charge in [0.15, 0.2) is 6.10 Å². The summed E-state index contributed by atoms with van der Waals surface area (Å²) in [6.07, 6.45) is 2.41. The largest absolute Gasteiger partial charge is 0.452 e. The Morgan fingerprint density at radius 3 is 2.42 bits per heavy atom. The molecule has 1 aromatic rings. The molecular formula is C16H22N2O5S. The number of hydrogen-bond acceptors (Lipinski definition) is 5. The van der Waals surface area contributed by atoms with Crippen LogP contribution in [0, 0.1) is 5.92 Å². The molecule has 0 radical (unpaired) electrons. The van der Waals surface area contributed by atoms with E-state index < -0.39 is 16.1 Å². The SMILES string of the molecule is CC(OC(=O)C1CCC1)C(=O)NCCc1ccc(S(N)(=O)=O)cc1. The first-order valence-electron chi connectivity index (χ1n) is 7.87. The summed E-state index contributed by atoms with van der Waals surface area (Å²) < 4.78 is 27.5. The normalized spacial score (nSPS) is 16.1. The molecule has 1 aromatic carbocycles. The molecule has 1 amide bonds. The summed E-state index contributed by atoms with van der Waals surface area (Å²) in [5.41, 5.74) is 0.863. The summed E-state index contributed by atoms with van der Waals surface area (Å²) in [6, 6.07) is 6.14. The Kier molecular flexibility index (Phi) is 5.95. The van der Waals surface area contributed by atoms with E-state index in [4.69, 9.17) is 9.88 Å². The number of ether oxygens (including phenoxy) is 1. The topological polar surface area (TPSA) is 116 Å². The van der Waals surface area contributed by atoms with Crippen LogP contribution in [0.2, 0.25) is 0 Å². The Balaban J connectivity index is 1.74. The van der Waals surface area contributed by atoms with E-state index in [1.165, 1.54) is 12.1 Å². The molecule has 1 saturated carbocycles. The first-order chi connectivity index (χ1) is 11.3. The Labute approximate surface area is 141 Å². The zero-order valence-electron chi connectivity index (χ0n) is 13.5. The lowest BCUT2D eigenvalue weighted by Crippen LogP contribution is -2.38. The average Bonchev–Trinajstić information content (AvgIpc) is 2.44. The number of sulfonamides is 1. The van der Waals surface area contributed by atoms with Gasteiger partial charge in [-0.15, -0.1) is 0 Å². The van der Waals surface area contributed by atoms with E-state index in [9.17, 15) is 18.0 Å². The molecule has 7 nitrogen and oxygen atoms in total. The Hall–Kier alpha value is -1.93. The molecule has 3 N–H and O–H groups in total. The molecule has 0 aliphatic heterocycles. The smallest absolute Gasteiger partial charge is 0.309 e. The van der Waals surface area contributed by atoms with E-state index in [-0.39, 0.29) is 22.7 Å². The minimum atomic E-state index is -3.70. The lowest BCUT2D eigenvalue weighted by atomic mass is 9.86. The Morgan fingerprint density at radius 2 is 1.92 bits per heavy atom. The van der Waals surface area contributed by atoms with E-state index in [2.05, 4.69) is 5.32 Å². The molecule has 2 rings (SSSR count). The summed E-state index contributed by atoms with van der Waals surface area (Å²) >= 11 is 0. The zero-order chi connectivity index (χ0) is 17.7. The van der Waals surface area contributed by atoms with Gasteiger partial charge in [0.25, 0.3) is 5.91 Å². The van der Waals surface area contributed by atoms with E-state index in [1.807, 2.05) is 0 Å². The molecule has 0 bridgehead atoms. The molecule has 1 aliphatic rings. The summed E-state index contributed by atoms with van der Waals surface area (Å²) in [6.45, 7) is 1.91. The van der Waals surface area contributed by atoms with Crippen LogP contribution < -0.4 is 10.5 Å². The molecule has 24 heavy (non-hydrogen) atoms. The molecule has 0 aromatic heterocycles. The minimum absolute atomic E-state index is 0.0480. The standard InChI is InChI=1S/C16H22N2O5S/c1-11(23-16(20)13-3-2-4-13)15(19)18-10-9-12-5-7-14(8-6-12)24(17,21)22/h5-8,11,13H,2-4,9-10H2,1H3,(H,18,19)(H2,17,21,22). The fraction of sp³-hybridized carbons (Fsp3) is 0.500. The fourth-order valence-electron chi connectivity index (χ4n) is 2.29. The van der Waals surface area contributed by atoms with Crippen LogP contribution in [0.25, 0.3) is 0 Å². The maximum Gasteiger partial charge on any atom is 0.309 e. The highest BCUT2D eigenvalue weighted by Gasteiger charge is 2.29. The van der Waals surface area contributed by atoms with Gasteiger partial charge in [0.2, 0.25) is 10.0 Å². The van der Waals surface area contributed by atoms with Gasteiger partial charge in [0.05, 0.1) is 10.8 Å². The van der Waals surface area contributed by atoms with Gasteiger partial charge in [0.1, 0.15) is 0 Å². The van der Waals surface area contributed by atoms with Crippen molar-refractivity contribution in [2.24, 2.45) is 11.1 Å². The molecular weight excluding hydrogens is 332 g/mol. The molecule has 0 saturated heterocycles. The fourth-order valence-corrected chi connectivity index (χ4v) is 2.80.